The zero-order valence-corrected chi connectivity index (χ0v) is 11.5. The molecular formula is C13H18FN3O3. The lowest BCUT2D eigenvalue weighted by Gasteiger charge is -2.19. The molecule has 0 aromatic heterocycles. The van der Waals surface area contributed by atoms with Gasteiger partial charge in [-0.25, -0.2) is 9.18 Å². The van der Waals surface area contributed by atoms with Crippen LogP contribution in [0.15, 0.2) is 18.2 Å². The smallest absolute Gasteiger partial charge is 0.407 e. The van der Waals surface area contributed by atoms with Gasteiger partial charge < -0.3 is 20.6 Å². The van der Waals surface area contributed by atoms with E-state index in [4.69, 9.17) is 10.8 Å². The summed E-state index contributed by atoms with van der Waals surface area (Å²) in [5, 5.41) is 8.68. The van der Waals surface area contributed by atoms with E-state index in [0.717, 1.165) is 11.0 Å². The number of anilines is 1. The molecule has 1 aromatic rings. The first-order chi connectivity index (χ1) is 9.32. The van der Waals surface area contributed by atoms with Gasteiger partial charge in [0.2, 0.25) is 0 Å². The first-order valence-corrected chi connectivity index (χ1v) is 6.07. The van der Waals surface area contributed by atoms with Gasteiger partial charge in [-0.2, -0.15) is 0 Å². The maximum absolute atomic E-state index is 13.6. The van der Waals surface area contributed by atoms with Crippen molar-refractivity contribution in [1.29, 1.82) is 0 Å². The Balaban J connectivity index is 2.57. The Morgan fingerprint density at radius 2 is 1.85 bits per heavy atom. The van der Waals surface area contributed by atoms with Crippen LogP contribution in [0.1, 0.15) is 16.8 Å². The van der Waals surface area contributed by atoms with Gasteiger partial charge in [-0.15, -0.1) is 0 Å². The van der Waals surface area contributed by atoms with Crippen LogP contribution in [0.25, 0.3) is 0 Å². The van der Waals surface area contributed by atoms with E-state index < -0.39 is 17.8 Å². The fourth-order valence-corrected chi connectivity index (χ4v) is 1.65. The number of carbonyl (C=O) groups is 2. The molecule has 110 valence electrons. The molecule has 1 rings (SSSR count). The molecule has 0 bridgehead atoms. The molecule has 7 heteroatoms. The maximum atomic E-state index is 13.6. The topological polar surface area (TPSA) is 86.9 Å². The molecule has 0 aliphatic carbocycles. The largest absolute Gasteiger partial charge is 0.465 e. The average molecular weight is 283 g/mol. The number of amides is 2. The molecule has 0 saturated carbocycles. The Kier molecular flexibility index (Phi) is 5.31. The molecule has 0 unspecified atom stereocenters. The molecule has 0 aliphatic rings. The molecule has 0 spiro atoms. The van der Waals surface area contributed by atoms with Gasteiger partial charge in [0.15, 0.2) is 0 Å². The lowest BCUT2D eigenvalue weighted by atomic mass is 10.1. The standard InChI is InChI=1S/C13H18FN3O3/c1-16(6-3-7-17(2)13(19)20)12(18)10-5-4-9(15)8-11(10)14/h4-5,8H,3,6-7,15H2,1-2H3,(H,19,20). The molecule has 3 N–H and O–H groups in total. The number of benzene rings is 1. The lowest BCUT2D eigenvalue weighted by Crippen LogP contribution is -2.32. The summed E-state index contributed by atoms with van der Waals surface area (Å²) >= 11 is 0. The van der Waals surface area contributed by atoms with E-state index in [1.807, 2.05) is 0 Å². The summed E-state index contributed by atoms with van der Waals surface area (Å²) in [7, 11) is 2.99. The van der Waals surface area contributed by atoms with E-state index in [2.05, 4.69) is 0 Å². The minimum absolute atomic E-state index is 0.0479. The summed E-state index contributed by atoms with van der Waals surface area (Å²) in [6.45, 7) is 0.636. The number of halogens is 1. The second-order valence-electron chi connectivity index (χ2n) is 4.52. The van der Waals surface area contributed by atoms with E-state index in [1.54, 1.807) is 7.05 Å². The number of rotatable bonds is 5. The van der Waals surface area contributed by atoms with Crippen molar-refractivity contribution in [2.75, 3.05) is 32.9 Å². The summed E-state index contributed by atoms with van der Waals surface area (Å²) in [5.74, 6) is -1.12. The molecular weight excluding hydrogens is 265 g/mol. The number of nitrogens with two attached hydrogens (primary N) is 1. The van der Waals surface area contributed by atoms with Crippen LogP contribution in [0.4, 0.5) is 14.9 Å². The monoisotopic (exact) mass is 283 g/mol. The summed E-state index contributed by atoms with van der Waals surface area (Å²) in [6.07, 6.45) is -0.551. The second-order valence-corrected chi connectivity index (χ2v) is 4.52. The van der Waals surface area contributed by atoms with Gasteiger partial charge in [0, 0.05) is 32.9 Å². The fourth-order valence-electron chi connectivity index (χ4n) is 1.65. The zero-order chi connectivity index (χ0) is 15.3. The van der Waals surface area contributed by atoms with Crippen molar-refractivity contribution in [2.24, 2.45) is 0 Å². The molecule has 0 aliphatic heterocycles. The highest BCUT2D eigenvalue weighted by atomic mass is 19.1. The van der Waals surface area contributed by atoms with Gasteiger partial charge >= 0.3 is 6.09 Å². The molecule has 0 atom stereocenters. The minimum Gasteiger partial charge on any atom is -0.465 e. The molecule has 6 nitrogen and oxygen atoms in total. The van der Waals surface area contributed by atoms with Crippen LogP contribution in [0.2, 0.25) is 0 Å². The first-order valence-electron chi connectivity index (χ1n) is 6.07. The normalized spacial score (nSPS) is 10.2. The zero-order valence-electron chi connectivity index (χ0n) is 11.5. The summed E-state index contributed by atoms with van der Waals surface area (Å²) in [6, 6.07) is 3.90. The third-order valence-electron chi connectivity index (χ3n) is 2.88. The summed E-state index contributed by atoms with van der Waals surface area (Å²) < 4.78 is 13.6. The molecule has 0 fully saturated rings. The van der Waals surface area contributed by atoms with Crippen LogP contribution in [0.5, 0.6) is 0 Å². The van der Waals surface area contributed by atoms with E-state index in [-0.39, 0.29) is 11.3 Å². The Morgan fingerprint density at radius 1 is 1.25 bits per heavy atom. The van der Waals surface area contributed by atoms with Crippen LogP contribution in [-0.2, 0) is 0 Å². The van der Waals surface area contributed by atoms with E-state index in [9.17, 15) is 14.0 Å². The van der Waals surface area contributed by atoms with Crippen LogP contribution in [0.3, 0.4) is 0 Å². The SMILES string of the molecule is CN(CCCN(C)C(=O)c1ccc(N)cc1F)C(=O)O. The second kappa shape index (κ2) is 6.74. The molecule has 0 radical (unpaired) electrons. The van der Waals surface area contributed by atoms with Crippen molar-refractivity contribution < 1.29 is 19.1 Å². The highest BCUT2D eigenvalue weighted by Crippen LogP contribution is 2.13. The average Bonchev–Trinajstić information content (AvgIpc) is 2.37. The van der Waals surface area contributed by atoms with Crippen LogP contribution < -0.4 is 5.73 Å². The van der Waals surface area contributed by atoms with Gasteiger partial charge in [0.25, 0.3) is 5.91 Å². The number of carbonyl (C=O) groups excluding carboxylic acids is 1. The Labute approximate surface area is 116 Å². The number of hydrogen-bond acceptors (Lipinski definition) is 3. The lowest BCUT2D eigenvalue weighted by molar-refractivity contribution is 0.0785. The van der Waals surface area contributed by atoms with E-state index >= 15 is 0 Å². The number of nitrogens with zero attached hydrogens (tertiary/aromatic N) is 2. The Morgan fingerprint density at radius 3 is 2.40 bits per heavy atom. The number of hydrogen-bond donors (Lipinski definition) is 2. The molecule has 0 saturated heterocycles. The van der Waals surface area contributed by atoms with E-state index in [1.165, 1.54) is 24.1 Å². The predicted octanol–water partition coefficient (Wildman–Crippen LogP) is 1.48. The van der Waals surface area contributed by atoms with Gasteiger partial charge in [-0.3, -0.25) is 4.79 Å². The van der Waals surface area contributed by atoms with Crippen molar-refractivity contribution in [1.82, 2.24) is 9.80 Å². The van der Waals surface area contributed by atoms with Gasteiger partial charge in [0.05, 0.1) is 5.56 Å². The minimum atomic E-state index is -1.02. The maximum Gasteiger partial charge on any atom is 0.407 e. The van der Waals surface area contributed by atoms with Crippen molar-refractivity contribution in [2.45, 2.75) is 6.42 Å². The number of nitrogen functional groups attached to an aromatic ring is 1. The van der Waals surface area contributed by atoms with Crippen LogP contribution >= 0.6 is 0 Å². The highest BCUT2D eigenvalue weighted by molar-refractivity contribution is 5.94. The van der Waals surface area contributed by atoms with Crippen molar-refractivity contribution in [3.8, 4) is 0 Å². The summed E-state index contributed by atoms with van der Waals surface area (Å²) in [4.78, 5) is 25.1. The molecule has 0 heterocycles. The van der Waals surface area contributed by atoms with Gasteiger partial charge in [-0.1, -0.05) is 0 Å². The third-order valence-corrected chi connectivity index (χ3v) is 2.88. The summed E-state index contributed by atoms with van der Waals surface area (Å²) in [5.41, 5.74) is 5.63. The van der Waals surface area contributed by atoms with Crippen LogP contribution in [-0.4, -0.2) is 54.1 Å². The van der Waals surface area contributed by atoms with Crippen LogP contribution in [0, 0.1) is 5.82 Å². The fraction of sp³-hybridized carbons (Fsp3) is 0.385. The molecule has 20 heavy (non-hydrogen) atoms. The highest BCUT2D eigenvalue weighted by Gasteiger charge is 2.16. The quantitative estimate of drug-likeness (QED) is 0.801. The Bertz CT molecular complexity index is 508. The predicted molar refractivity (Wildman–Crippen MR) is 73.0 cm³/mol. The number of carboxylic acid groups (broad SMARTS) is 1. The van der Waals surface area contributed by atoms with Gasteiger partial charge in [0.1, 0.15) is 5.82 Å². The van der Waals surface area contributed by atoms with Crippen molar-refractivity contribution >= 4 is 17.7 Å². The third kappa shape index (κ3) is 4.11. The van der Waals surface area contributed by atoms with Gasteiger partial charge in [-0.05, 0) is 24.6 Å². The van der Waals surface area contributed by atoms with E-state index in [0.29, 0.717) is 19.5 Å². The first kappa shape index (κ1) is 15.7. The Hall–Kier alpha value is -2.31. The van der Waals surface area contributed by atoms with Crippen molar-refractivity contribution in [3.05, 3.63) is 29.6 Å². The molecule has 1 aromatic carbocycles. The molecule has 2 amide bonds. The van der Waals surface area contributed by atoms with Crippen molar-refractivity contribution in [3.63, 3.8) is 0 Å².